The van der Waals surface area contributed by atoms with E-state index in [1.807, 2.05) is 25.1 Å². The maximum Gasteiger partial charge on any atom is 0.287 e. The number of carbonyl (C=O) groups excluding carboxylic acids is 1. The van der Waals surface area contributed by atoms with Gasteiger partial charge in [-0.25, -0.2) is 8.42 Å². The number of nitrogens with one attached hydrogen (secondary N) is 1. The average Bonchev–Trinajstić information content (AvgIpc) is 3.26. The third-order valence-electron chi connectivity index (χ3n) is 4.40. The smallest absolute Gasteiger partial charge is 0.287 e. The van der Waals surface area contributed by atoms with Gasteiger partial charge in [0.2, 0.25) is 0 Å². The molecule has 2 heterocycles. The molecule has 1 amide bonds. The molecule has 2 aromatic rings. The first-order valence-electron chi connectivity index (χ1n) is 8.66. The zero-order chi connectivity index (χ0) is 18.6. The first kappa shape index (κ1) is 18.7. The summed E-state index contributed by atoms with van der Waals surface area (Å²) in [5.74, 6) is -0.269. The van der Waals surface area contributed by atoms with Crippen LogP contribution >= 0.6 is 0 Å². The number of sulfone groups is 1. The second-order valence-corrected chi connectivity index (χ2v) is 8.63. The number of carbonyl (C=O) groups is 1. The Balaban J connectivity index is 1.58. The monoisotopic (exact) mass is 377 g/mol. The molecule has 0 unspecified atom stereocenters. The molecule has 1 aliphatic heterocycles. The van der Waals surface area contributed by atoms with Crippen LogP contribution in [0, 0.1) is 6.92 Å². The highest BCUT2D eigenvalue weighted by Gasteiger charge is 2.20. The second-order valence-electron chi connectivity index (χ2n) is 6.57. The van der Waals surface area contributed by atoms with Crippen molar-refractivity contribution in [2.75, 3.05) is 13.2 Å². The predicted molar refractivity (Wildman–Crippen MR) is 97.5 cm³/mol. The summed E-state index contributed by atoms with van der Waals surface area (Å²) in [6.45, 7) is 3.04. The van der Waals surface area contributed by atoms with E-state index < -0.39 is 9.84 Å². The maximum atomic E-state index is 12.4. The Morgan fingerprint density at radius 2 is 2.00 bits per heavy atom. The molecule has 0 spiro atoms. The van der Waals surface area contributed by atoms with Crippen molar-refractivity contribution in [3.8, 4) is 0 Å². The molecule has 1 aromatic heterocycles. The third kappa shape index (κ3) is 4.95. The van der Waals surface area contributed by atoms with Crippen molar-refractivity contribution in [1.82, 2.24) is 5.32 Å². The molecule has 0 radical (unpaired) electrons. The van der Waals surface area contributed by atoms with Crippen LogP contribution in [0.25, 0.3) is 0 Å². The van der Waals surface area contributed by atoms with Crippen molar-refractivity contribution in [3.05, 3.63) is 59.0 Å². The van der Waals surface area contributed by atoms with E-state index in [0.717, 1.165) is 30.6 Å². The summed E-state index contributed by atoms with van der Waals surface area (Å²) in [6, 6.07) is 10.4. The van der Waals surface area contributed by atoms with E-state index in [4.69, 9.17) is 9.15 Å². The van der Waals surface area contributed by atoms with Crippen molar-refractivity contribution in [2.45, 2.75) is 37.4 Å². The van der Waals surface area contributed by atoms with Crippen LogP contribution in [-0.4, -0.2) is 33.6 Å². The summed E-state index contributed by atoms with van der Waals surface area (Å²) in [5.41, 5.74) is 1.71. The molecule has 26 heavy (non-hydrogen) atoms. The van der Waals surface area contributed by atoms with Gasteiger partial charge in [-0.05, 0) is 43.0 Å². The highest BCUT2D eigenvalue weighted by atomic mass is 32.2. The highest BCUT2D eigenvalue weighted by Crippen LogP contribution is 2.17. The molecule has 140 valence electrons. The molecular weight excluding hydrogens is 354 g/mol. The molecule has 6 nitrogen and oxygen atoms in total. The number of hydrogen-bond acceptors (Lipinski definition) is 5. The van der Waals surface area contributed by atoms with E-state index in [1.165, 1.54) is 12.1 Å². The minimum absolute atomic E-state index is 0.0443. The fraction of sp³-hybridized carbons (Fsp3) is 0.421. The molecule has 1 N–H and O–H groups in total. The van der Waals surface area contributed by atoms with Gasteiger partial charge in [-0.3, -0.25) is 4.79 Å². The lowest BCUT2D eigenvalue weighted by Crippen LogP contribution is -2.31. The number of aryl methyl sites for hydroxylation is 1. The number of benzene rings is 1. The summed E-state index contributed by atoms with van der Waals surface area (Å²) in [6.07, 6.45) is 1.98. The van der Waals surface area contributed by atoms with E-state index in [2.05, 4.69) is 5.32 Å². The maximum absolute atomic E-state index is 12.4. The molecule has 1 fully saturated rings. The molecule has 0 saturated carbocycles. The van der Waals surface area contributed by atoms with Crippen LogP contribution in [0.15, 0.2) is 40.8 Å². The second kappa shape index (κ2) is 8.05. The van der Waals surface area contributed by atoms with Crippen LogP contribution in [0.5, 0.6) is 0 Å². The van der Waals surface area contributed by atoms with Crippen molar-refractivity contribution in [1.29, 1.82) is 0 Å². The average molecular weight is 377 g/mol. The van der Waals surface area contributed by atoms with Gasteiger partial charge in [-0.2, -0.15) is 0 Å². The highest BCUT2D eigenvalue weighted by molar-refractivity contribution is 7.89. The Morgan fingerprint density at radius 3 is 2.73 bits per heavy atom. The number of furan rings is 1. The van der Waals surface area contributed by atoms with E-state index in [9.17, 15) is 13.2 Å². The van der Waals surface area contributed by atoms with E-state index in [0.29, 0.717) is 6.54 Å². The zero-order valence-electron chi connectivity index (χ0n) is 14.7. The van der Waals surface area contributed by atoms with Crippen LogP contribution in [0.4, 0.5) is 0 Å². The van der Waals surface area contributed by atoms with Gasteiger partial charge < -0.3 is 14.5 Å². The molecule has 3 rings (SSSR count). The fourth-order valence-corrected chi connectivity index (χ4v) is 4.44. The first-order valence-corrected chi connectivity index (χ1v) is 10.5. The third-order valence-corrected chi connectivity index (χ3v) is 5.87. The number of amides is 1. The van der Waals surface area contributed by atoms with Gasteiger partial charge in [0.25, 0.3) is 5.91 Å². The van der Waals surface area contributed by atoms with E-state index in [-0.39, 0.29) is 35.0 Å². The van der Waals surface area contributed by atoms with Gasteiger partial charge >= 0.3 is 0 Å². The summed E-state index contributed by atoms with van der Waals surface area (Å²) in [4.78, 5) is 12.1. The van der Waals surface area contributed by atoms with Gasteiger partial charge in [0.15, 0.2) is 15.6 Å². The fourth-order valence-electron chi connectivity index (χ4n) is 2.95. The Kier molecular flexibility index (Phi) is 5.78. The van der Waals surface area contributed by atoms with Crippen LogP contribution in [0.1, 0.15) is 40.3 Å². The van der Waals surface area contributed by atoms with Crippen LogP contribution in [0.3, 0.4) is 0 Å². The lowest BCUT2D eigenvalue weighted by atomic mass is 10.1. The quantitative estimate of drug-likeness (QED) is 0.802. The summed E-state index contributed by atoms with van der Waals surface area (Å²) in [7, 11) is -3.39. The summed E-state index contributed by atoms with van der Waals surface area (Å²) in [5, 5.41) is 2.76. The van der Waals surface area contributed by atoms with Gasteiger partial charge in [0.05, 0.1) is 11.9 Å². The lowest BCUT2D eigenvalue weighted by Gasteiger charge is -2.09. The van der Waals surface area contributed by atoms with Crippen LogP contribution < -0.4 is 5.32 Å². The molecule has 1 aliphatic rings. The van der Waals surface area contributed by atoms with Crippen molar-refractivity contribution in [3.63, 3.8) is 0 Å². The molecule has 0 aliphatic carbocycles. The normalized spacial score (nSPS) is 17.3. The molecule has 1 saturated heterocycles. The van der Waals surface area contributed by atoms with E-state index >= 15 is 0 Å². The first-order chi connectivity index (χ1) is 12.4. The standard InChI is InChI=1S/C19H23NO5S/c1-14-5-2-3-6-15(14)12-26(22,23)13-17-8-9-18(25-17)19(21)20-11-16-7-4-10-24-16/h2-3,5-6,8-9,16H,4,7,10-13H2,1H3,(H,20,21)/t16-/m0/s1. The number of hydrogen-bond donors (Lipinski definition) is 1. The Bertz CT molecular complexity index is 866. The minimum Gasteiger partial charge on any atom is -0.455 e. The Labute approximate surface area is 153 Å². The van der Waals surface area contributed by atoms with E-state index in [1.54, 1.807) is 6.07 Å². The zero-order valence-corrected chi connectivity index (χ0v) is 15.6. The van der Waals surface area contributed by atoms with Gasteiger partial charge in [0.1, 0.15) is 11.5 Å². The SMILES string of the molecule is Cc1ccccc1CS(=O)(=O)Cc1ccc(C(=O)NC[C@@H]2CCCO2)o1. The van der Waals surface area contributed by atoms with Gasteiger partial charge in [-0.15, -0.1) is 0 Å². The molecule has 1 aromatic carbocycles. The topological polar surface area (TPSA) is 85.6 Å². The number of ether oxygens (including phenoxy) is 1. The van der Waals surface area contributed by atoms with Crippen molar-refractivity contribution < 1.29 is 22.4 Å². The summed E-state index contributed by atoms with van der Waals surface area (Å²) >= 11 is 0. The van der Waals surface area contributed by atoms with Crippen LogP contribution in [-0.2, 0) is 26.1 Å². The number of rotatable bonds is 7. The van der Waals surface area contributed by atoms with Gasteiger partial charge in [0, 0.05) is 13.2 Å². The lowest BCUT2D eigenvalue weighted by molar-refractivity contribution is 0.0834. The van der Waals surface area contributed by atoms with Gasteiger partial charge in [-0.1, -0.05) is 24.3 Å². The Hall–Kier alpha value is -2.12. The molecule has 7 heteroatoms. The minimum atomic E-state index is -3.39. The predicted octanol–water partition coefficient (Wildman–Crippen LogP) is 2.61. The summed E-state index contributed by atoms with van der Waals surface area (Å²) < 4.78 is 35.7. The molecule has 0 bridgehead atoms. The van der Waals surface area contributed by atoms with Crippen LogP contribution in [0.2, 0.25) is 0 Å². The molecular formula is C19H23NO5S. The van der Waals surface area contributed by atoms with Crippen molar-refractivity contribution in [2.24, 2.45) is 0 Å². The molecule has 1 atom stereocenters. The largest absolute Gasteiger partial charge is 0.455 e. The Morgan fingerprint density at radius 1 is 1.19 bits per heavy atom. The van der Waals surface area contributed by atoms with Crippen molar-refractivity contribution >= 4 is 15.7 Å².